The first-order chi connectivity index (χ1) is 10.5. The van der Waals surface area contributed by atoms with E-state index in [1.807, 2.05) is 26.0 Å². The molecule has 1 unspecified atom stereocenters. The minimum absolute atomic E-state index is 0. The van der Waals surface area contributed by atoms with Gasteiger partial charge in [-0.3, -0.25) is 4.79 Å². The maximum absolute atomic E-state index is 12.3. The number of amides is 3. The summed E-state index contributed by atoms with van der Waals surface area (Å²) in [4.78, 5) is 23.1. The van der Waals surface area contributed by atoms with E-state index < -0.39 is 6.03 Å². The molecule has 0 radical (unpaired) electrons. The zero-order chi connectivity index (χ0) is 16.1. The largest absolute Gasteiger partial charge is 0.375 e. The summed E-state index contributed by atoms with van der Waals surface area (Å²) in [5, 5.41) is 8.61. The van der Waals surface area contributed by atoms with Gasteiger partial charge in [0.1, 0.15) is 6.04 Å². The predicted octanol–water partition coefficient (Wildman–Crippen LogP) is 1.15. The third-order valence-electron chi connectivity index (χ3n) is 3.64. The number of benzene rings is 1. The molecule has 1 saturated heterocycles. The van der Waals surface area contributed by atoms with Crippen molar-refractivity contribution in [1.82, 2.24) is 10.6 Å². The molecular formula is C15H23ClN4O3. The van der Waals surface area contributed by atoms with Crippen LogP contribution in [0.4, 0.5) is 10.5 Å². The van der Waals surface area contributed by atoms with E-state index in [0.29, 0.717) is 18.8 Å². The Morgan fingerprint density at radius 2 is 2.00 bits per heavy atom. The van der Waals surface area contributed by atoms with Crippen LogP contribution in [0.25, 0.3) is 0 Å². The third-order valence-corrected chi connectivity index (χ3v) is 3.64. The van der Waals surface area contributed by atoms with Gasteiger partial charge >= 0.3 is 6.03 Å². The lowest BCUT2D eigenvalue weighted by Crippen LogP contribution is -2.55. The fraction of sp³-hybridized carbons (Fsp3) is 0.467. The summed E-state index contributed by atoms with van der Waals surface area (Å²) in [7, 11) is 0. The van der Waals surface area contributed by atoms with Gasteiger partial charge in [-0.25, -0.2) is 4.79 Å². The lowest BCUT2D eigenvalue weighted by molar-refractivity contribution is -0.129. The number of nitrogens with two attached hydrogens (primary N) is 1. The smallest absolute Gasteiger partial charge is 0.316 e. The second-order valence-corrected chi connectivity index (χ2v) is 5.35. The molecule has 0 bridgehead atoms. The molecule has 5 N–H and O–H groups in total. The summed E-state index contributed by atoms with van der Waals surface area (Å²) >= 11 is 0. The molecule has 3 atom stereocenters. The normalized spacial score (nSPS) is 21.7. The number of urea groups is 1. The first-order valence-corrected chi connectivity index (χ1v) is 7.29. The molecular weight excluding hydrogens is 320 g/mol. The van der Waals surface area contributed by atoms with E-state index in [0.717, 1.165) is 5.56 Å². The molecule has 1 aromatic rings. The van der Waals surface area contributed by atoms with E-state index in [9.17, 15) is 9.59 Å². The predicted molar refractivity (Wildman–Crippen MR) is 90.7 cm³/mol. The Morgan fingerprint density at radius 3 is 2.57 bits per heavy atom. The highest BCUT2D eigenvalue weighted by atomic mass is 35.5. The summed E-state index contributed by atoms with van der Waals surface area (Å²) in [6.45, 7) is 5.08. The van der Waals surface area contributed by atoms with Crippen molar-refractivity contribution in [3.63, 3.8) is 0 Å². The Hall–Kier alpha value is -1.83. The number of morpholine rings is 1. The van der Waals surface area contributed by atoms with Gasteiger partial charge in [0.05, 0.1) is 18.8 Å². The van der Waals surface area contributed by atoms with Crippen molar-refractivity contribution in [2.45, 2.75) is 32.0 Å². The summed E-state index contributed by atoms with van der Waals surface area (Å²) in [6, 6.07) is 6.07. The van der Waals surface area contributed by atoms with Crippen LogP contribution in [0.5, 0.6) is 0 Å². The number of carbonyl (C=O) groups is 2. The lowest BCUT2D eigenvalue weighted by Gasteiger charge is -2.30. The topological polar surface area (TPSA) is 105 Å². The molecule has 1 heterocycles. The summed E-state index contributed by atoms with van der Waals surface area (Å²) in [5.41, 5.74) is 6.61. The molecule has 0 spiro atoms. The second kappa shape index (κ2) is 8.71. The first kappa shape index (κ1) is 19.2. The third kappa shape index (κ3) is 5.38. The molecule has 128 valence electrons. The molecule has 0 aromatic heterocycles. The van der Waals surface area contributed by atoms with Gasteiger partial charge in [0, 0.05) is 12.2 Å². The fourth-order valence-electron chi connectivity index (χ4n) is 2.41. The molecule has 8 heteroatoms. The van der Waals surface area contributed by atoms with Crippen LogP contribution in [-0.2, 0) is 9.53 Å². The number of halogens is 1. The molecule has 7 nitrogen and oxygen atoms in total. The number of carbonyl (C=O) groups excluding carboxylic acids is 2. The van der Waals surface area contributed by atoms with Crippen molar-refractivity contribution in [2.24, 2.45) is 5.73 Å². The molecule has 1 aliphatic rings. The number of rotatable bonds is 4. The summed E-state index contributed by atoms with van der Waals surface area (Å²) in [6.07, 6.45) is -0.150. The number of ether oxygens (including phenoxy) is 1. The monoisotopic (exact) mass is 342 g/mol. The first-order valence-electron chi connectivity index (χ1n) is 7.29. The summed E-state index contributed by atoms with van der Waals surface area (Å²) in [5.74, 6) is -0.0842. The van der Waals surface area contributed by atoms with E-state index in [1.54, 1.807) is 12.1 Å². The highest BCUT2D eigenvalue weighted by molar-refractivity contribution is 5.87. The van der Waals surface area contributed by atoms with Crippen LogP contribution in [0.1, 0.15) is 25.5 Å². The number of hydrogen-bond donors (Lipinski definition) is 4. The number of nitrogens with one attached hydrogen (secondary N) is 3. The van der Waals surface area contributed by atoms with Gasteiger partial charge in [-0.15, -0.1) is 12.4 Å². The highest BCUT2D eigenvalue weighted by Crippen LogP contribution is 2.16. The summed E-state index contributed by atoms with van der Waals surface area (Å²) < 4.78 is 5.48. The molecule has 1 fully saturated rings. The van der Waals surface area contributed by atoms with Crippen LogP contribution in [-0.4, -0.2) is 37.2 Å². The Labute approximate surface area is 141 Å². The van der Waals surface area contributed by atoms with Gasteiger partial charge in [0.15, 0.2) is 0 Å². The van der Waals surface area contributed by atoms with Crippen LogP contribution in [0.3, 0.4) is 0 Å². The van der Waals surface area contributed by atoms with Crippen LogP contribution < -0.4 is 21.7 Å². The quantitative estimate of drug-likeness (QED) is 0.658. The molecule has 1 aliphatic heterocycles. The van der Waals surface area contributed by atoms with Gasteiger partial charge in [0.25, 0.3) is 0 Å². The molecule has 0 saturated carbocycles. The second-order valence-electron chi connectivity index (χ2n) is 5.35. The Balaban J connectivity index is 0.00000264. The number of hydrogen-bond acceptors (Lipinski definition) is 4. The Bertz CT molecular complexity index is 538. The maximum Gasteiger partial charge on any atom is 0.316 e. The minimum Gasteiger partial charge on any atom is -0.375 e. The standard InChI is InChI=1S/C15H22N4O3.ClH/c1-9(11-3-5-12(6-4-11)19-15(16)21)18-14(20)13-10(2)22-8-7-17-13;/h3-6,9-10,13,17H,7-8H2,1-2H3,(H,18,20)(H3,16,19,21);1H/t9?,10-,13+;/m1./s1. The molecule has 0 aliphatic carbocycles. The fourth-order valence-corrected chi connectivity index (χ4v) is 2.41. The van der Waals surface area contributed by atoms with Gasteiger partial charge in [-0.1, -0.05) is 12.1 Å². The van der Waals surface area contributed by atoms with Crippen molar-refractivity contribution < 1.29 is 14.3 Å². The van der Waals surface area contributed by atoms with Gasteiger partial charge in [-0.05, 0) is 31.5 Å². The molecule has 23 heavy (non-hydrogen) atoms. The zero-order valence-electron chi connectivity index (χ0n) is 13.2. The average Bonchev–Trinajstić information content (AvgIpc) is 2.47. The Morgan fingerprint density at radius 1 is 1.35 bits per heavy atom. The van der Waals surface area contributed by atoms with Crippen molar-refractivity contribution in [3.8, 4) is 0 Å². The molecule has 3 amide bonds. The van der Waals surface area contributed by atoms with Crippen LogP contribution in [0.2, 0.25) is 0 Å². The van der Waals surface area contributed by atoms with Gasteiger partial charge in [0.2, 0.25) is 5.91 Å². The molecule has 2 rings (SSSR count). The van der Waals surface area contributed by atoms with Crippen LogP contribution in [0.15, 0.2) is 24.3 Å². The maximum atomic E-state index is 12.3. The average molecular weight is 343 g/mol. The van der Waals surface area contributed by atoms with Crippen molar-refractivity contribution >= 4 is 30.0 Å². The van der Waals surface area contributed by atoms with Crippen LogP contribution in [0, 0.1) is 0 Å². The zero-order valence-corrected chi connectivity index (χ0v) is 14.0. The SMILES string of the molecule is CC(NC(=O)[C@H]1NCCO[C@@H]1C)c1ccc(NC(N)=O)cc1.Cl. The number of anilines is 1. The van der Waals surface area contributed by atoms with Gasteiger partial charge in [-0.2, -0.15) is 0 Å². The van der Waals surface area contributed by atoms with Crippen LogP contribution >= 0.6 is 12.4 Å². The Kier molecular flexibility index (Phi) is 7.28. The number of primary amides is 1. The van der Waals surface area contributed by atoms with Crippen molar-refractivity contribution in [2.75, 3.05) is 18.5 Å². The van der Waals surface area contributed by atoms with Gasteiger partial charge < -0.3 is 26.4 Å². The van der Waals surface area contributed by atoms with E-state index >= 15 is 0 Å². The lowest BCUT2D eigenvalue weighted by atomic mass is 10.1. The highest BCUT2D eigenvalue weighted by Gasteiger charge is 2.29. The van der Waals surface area contributed by atoms with E-state index in [4.69, 9.17) is 10.5 Å². The van der Waals surface area contributed by atoms with E-state index in [2.05, 4.69) is 16.0 Å². The van der Waals surface area contributed by atoms with Crippen molar-refractivity contribution in [1.29, 1.82) is 0 Å². The van der Waals surface area contributed by atoms with E-state index in [1.165, 1.54) is 0 Å². The van der Waals surface area contributed by atoms with E-state index in [-0.39, 0.29) is 36.5 Å². The minimum atomic E-state index is -0.605. The molecule has 1 aromatic carbocycles. The van der Waals surface area contributed by atoms with Crippen molar-refractivity contribution in [3.05, 3.63) is 29.8 Å².